The maximum atomic E-state index is 12.1. The molecule has 82 valence electrons. The van der Waals surface area contributed by atoms with Crippen molar-refractivity contribution in [2.45, 2.75) is 6.18 Å². The fraction of sp³-hybridized carbons (Fsp3) is 0.286. The summed E-state index contributed by atoms with van der Waals surface area (Å²) in [5.41, 5.74) is -1.48. The highest BCUT2D eigenvalue weighted by Gasteiger charge is 2.34. The number of halogens is 4. The molecule has 0 fully saturated rings. The minimum absolute atomic E-state index is 0.300. The molecular formula is C7H4BrF3N2O2. The molecule has 0 aliphatic heterocycles. The van der Waals surface area contributed by atoms with E-state index in [-0.39, 0.29) is 10.3 Å². The number of hydrogen-bond donors (Lipinski definition) is 0. The summed E-state index contributed by atoms with van der Waals surface area (Å²) in [6.07, 6.45) is -4.12. The van der Waals surface area contributed by atoms with Crippen molar-refractivity contribution in [3.8, 4) is 0 Å². The molecule has 1 rings (SSSR count). The lowest BCUT2D eigenvalue weighted by molar-refractivity contribution is -0.141. The first kappa shape index (κ1) is 11.9. The molecule has 8 heteroatoms. The van der Waals surface area contributed by atoms with Crippen molar-refractivity contribution in [3.63, 3.8) is 0 Å². The van der Waals surface area contributed by atoms with Crippen LogP contribution in [0.4, 0.5) is 13.2 Å². The van der Waals surface area contributed by atoms with E-state index >= 15 is 0 Å². The van der Waals surface area contributed by atoms with Gasteiger partial charge in [0.15, 0.2) is 11.4 Å². The lowest BCUT2D eigenvalue weighted by Gasteiger charge is -2.06. The largest absolute Gasteiger partial charge is 0.464 e. The number of methoxy groups -OCH3 is 1. The zero-order valence-electron chi connectivity index (χ0n) is 7.30. The number of ether oxygens (including phenoxy) is 1. The van der Waals surface area contributed by atoms with Crippen LogP contribution in [0.1, 0.15) is 16.2 Å². The Morgan fingerprint density at radius 1 is 1.53 bits per heavy atom. The van der Waals surface area contributed by atoms with Crippen LogP contribution in [-0.2, 0) is 10.9 Å². The number of rotatable bonds is 1. The first-order valence-electron chi connectivity index (χ1n) is 3.54. The molecule has 0 aliphatic rings. The highest BCUT2D eigenvalue weighted by atomic mass is 79.9. The fourth-order valence-electron chi connectivity index (χ4n) is 0.737. The van der Waals surface area contributed by atoms with Gasteiger partial charge in [0.1, 0.15) is 4.60 Å². The summed E-state index contributed by atoms with van der Waals surface area (Å²) >= 11 is 2.71. The van der Waals surface area contributed by atoms with Crippen LogP contribution in [0.15, 0.2) is 10.8 Å². The van der Waals surface area contributed by atoms with Crippen LogP contribution in [-0.4, -0.2) is 23.0 Å². The quantitative estimate of drug-likeness (QED) is 0.741. The third kappa shape index (κ3) is 2.65. The molecule has 0 N–H and O–H groups in total. The highest BCUT2D eigenvalue weighted by Crippen LogP contribution is 2.28. The summed E-state index contributed by atoms with van der Waals surface area (Å²) < 4.78 is 40.4. The maximum absolute atomic E-state index is 12.1. The van der Waals surface area contributed by atoms with E-state index in [1.807, 2.05) is 0 Å². The van der Waals surface area contributed by atoms with Gasteiger partial charge in [0.25, 0.3) is 0 Å². The summed E-state index contributed by atoms with van der Waals surface area (Å²) in [5, 5.41) is 0. The van der Waals surface area contributed by atoms with Crippen LogP contribution in [0.2, 0.25) is 0 Å². The molecule has 0 aliphatic carbocycles. The SMILES string of the molecule is COC(=O)c1ncc(C(F)(F)F)nc1Br. The lowest BCUT2D eigenvalue weighted by Crippen LogP contribution is -2.13. The number of esters is 1. The van der Waals surface area contributed by atoms with Crippen molar-refractivity contribution in [3.05, 3.63) is 22.2 Å². The third-order valence-corrected chi connectivity index (χ3v) is 1.95. The summed E-state index contributed by atoms with van der Waals surface area (Å²) in [4.78, 5) is 17.4. The summed E-state index contributed by atoms with van der Waals surface area (Å²) in [5.74, 6) is -0.858. The van der Waals surface area contributed by atoms with Crippen LogP contribution in [0.5, 0.6) is 0 Å². The molecule has 0 spiro atoms. The highest BCUT2D eigenvalue weighted by molar-refractivity contribution is 9.10. The normalized spacial score (nSPS) is 11.3. The Kier molecular flexibility index (Phi) is 3.28. The molecule has 0 atom stereocenters. The number of nitrogens with zero attached hydrogens (tertiary/aromatic N) is 2. The fourth-order valence-corrected chi connectivity index (χ4v) is 1.19. The van der Waals surface area contributed by atoms with Crippen molar-refractivity contribution in [1.29, 1.82) is 0 Å². The molecule has 1 heterocycles. The van der Waals surface area contributed by atoms with E-state index in [1.54, 1.807) is 0 Å². The average Bonchev–Trinajstić information content (AvgIpc) is 2.15. The Labute approximate surface area is 90.6 Å². The Bertz CT molecular complexity index is 394. The first-order valence-corrected chi connectivity index (χ1v) is 4.33. The monoisotopic (exact) mass is 284 g/mol. The zero-order valence-corrected chi connectivity index (χ0v) is 8.89. The van der Waals surface area contributed by atoms with E-state index in [0.717, 1.165) is 7.11 Å². The van der Waals surface area contributed by atoms with E-state index in [1.165, 1.54) is 0 Å². The van der Waals surface area contributed by atoms with Gasteiger partial charge >= 0.3 is 12.1 Å². The van der Waals surface area contributed by atoms with Crippen molar-refractivity contribution in [2.24, 2.45) is 0 Å². The van der Waals surface area contributed by atoms with Crippen LogP contribution in [0.25, 0.3) is 0 Å². The minimum Gasteiger partial charge on any atom is -0.464 e. The molecule has 0 bridgehead atoms. The molecule has 1 aromatic rings. The topological polar surface area (TPSA) is 52.1 Å². The second-order valence-electron chi connectivity index (χ2n) is 2.38. The maximum Gasteiger partial charge on any atom is 0.434 e. The van der Waals surface area contributed by atoms with Gasteiger partial charge in [0, 0.05) is 0 Å². The molecule has 15 heavy (non-hydrogen) atoms. The van der Waals surface area contributed by atoms with E-state index < -0.39 is 17.8 Å². The van der Waals surface area contributed by atoms with Gasteiger partial charge in [-0.1, -0.05) is 0 Å². The second-order valence-corrected chi connectivity index (χ2v) is 3.14. The first-order chi connectivity index (χ1) is 6.86. The number of alkyl halides is 3. The minimum atomic E-state index is -4.59. The Morgan fingerprint density at radius 3 is 2.53 bits per heavy atom. The van der Waals surface area contributed by atoms with Gasteiger partial charge in [-0.05, 0) is 15.9 Å². The standard InChI is InChI=1S/C7H4BrF3N2O2/c1-15-6(14)4-5(8)13-3(2-12-4)7(9,10)11/h2H,1H3. The zero-order chi connectivity index (χ0) is 11.6. The average molecular weight is 285 g/mol. The number of carbonyl (C=O) groups excluding carboxylic acids is 1. The molecule has 4 nitrogen and oxygen atoms in total. The van der Waals surface area contributed by atoms with Crippen LogP contribution >= 0.6 is 15.9 Å². The molecule has 0 amide bonds. The van der Waals surface area contributed by atoms with Gasteiger partial charge in [-0.3, -0.25) is 0 Å². The van der Waals surface area contributed by atoms with Gasteiger partial charge in [-0.15, -0.1) is 0 Å². The number of carbonyl (C=O) groups is 1. The lowest BCUT2D eigenvalue weighted by atomic mass is 10.4. The van der Waals surface area contributed by atoms with E-state index in [0.29, 0.717) is 6.20 Å². The molecule has 0 saturated heterocycles. The van der Waals surface area contributed by atoms with E-state index in [4.69, 9.17) is 0 Å². The summed E-state index contributed by atoms with van der Waals surface area (Å²) in [6.45, 7) is 0. The van der Waals surface area contributed by atoms with Gasteiger partial charge in [-0.2, -0.15) is 13.2 Å². The van der Waals surface area contributed by atoms with E-state index in [9.17, 15) is 18.0 Å². The summed E-state index contributed by atoms with van der Waals surface area (Å²) in [6, 6.07) is 0. The Balaban J connectivity index is 3.15. The third-order valence-electron chi connectivity index (χ3n) is 1.40. The van der Waals surface area contributed by atoms with Gasteiger partial charge in [0.05, 0.1) is 13.3 Å². The Morgan fingerprint density at radius 2 is 2.13 bits per heavy atom. The molecule has 0 unspecified atom stereocenters. The van der Waals surface area contributed by atoms with Gasteiger partial charge in [0.2, 0.25) is 0 Å². The molecule has 0 aromatic carbocycles. The van der Waals surface area contributed by atoms with Crippen LogP contribution < -0.4 is 0 Å². The summed E-state index contributed by atoms with van der Waals surface area (Å²) in [7, 11) is 1.09. The van der Waals surface area contributed by atoms with Crippen molar-refractivity contribution in [2.75, 3.05) is 7.11 Å². The van der Waals surface area contributed by atoms with Crippen LogP contribution in [0, 0.1) is 0 Å². The molecule has 0 saturated carbocycles. The van der Waals surface area contributed by atoms with Crippen LogP contribution in [0.3, 0.4) is 0 Å². The molecule has 0 radical (unpaired) electrons. The van der Waals surface area contributed by atoms with Gasteiger partial charge < -0.3 is 4.74 Å². The predicted molar refractivity (Wildman–Crippen MR) is 46.1 cm³/mol. The predicted octanol–water partition coefficient (Wildman–Crippen LogP) is 2.04. The van der Waals surface area contributed by atoms with E-state index in [2.05, 4.69) is 30.6 Å². The molecular weight excluding hydrogens is 281 g/mol. The number of hydrogen-bond acceptors (Lipinski definition) is 4. The molecule has 1 aromatic heterocycles. The van der Waals surface area contributed by atoms with Gasteiger partial charge in [-0.25, -0.2) is 14.8 Å². The Hall–Kier alpha value is -1.18. The smallest absolute Gasteiger partial charge is 0.434 e. The second kappa shape index (κ2) is 4.13. The van der Waals surface area contributed by atoms with Crippen molar-refractivity contribution < 1.29 is 22.7 Å². The van der Waals surface area contributed by atoms with Crippen molar-refractivity contribution in [1.82, 2.24) is 9.97 Å². The number of aromatic nitrogens is 2. The van der Waals surface area contributed by atoms with Crippen molar-refractivity contribution >= 4 is 21.9 Å².